The van der Waals surface area contributed by atoms with Crippen molar-refractivity contribution < 1.29 is 9.84 Å². The second-order valence-corrected chi connectivity index (χ2v) is 4.90. The molecule has 0 saturated heterocycles. The molecule has 0 aliphatic carbocycles. The van der Waals surface area contributed by atoms with E-state index in [-0.39, 0.29) is 10.8 Å². The van der Waals surface area contributed by atoms with Crippen molar-refractivity contribution in [2.45, 2.75) is 3.98 Å². The highest BCUT2D eigenvalue weighted by Crippen LogP contribution is 2.30. The SMILES string of the molecule is Oc1ccccc1C(=S)OC(Cl)(Cl)Cl. The number of phenols is 1. The number of hydrogen-bond acceptors (Lipinski definition) is 3. The highest BCUT2D eigenvalue weighted by atomic mass is 35.6. The van der Waals surface area contributed by atoms with Gasteiger partial charge < -0.3 is 9.84 Å². The summed E-state index contributed by atoms with van der Waals surface area (Å²) in [7, 11) is 0. The fraction of sp³-hybridized carbons (Fsp3) is 0.125. The van der Waals surface area contributed by atoms with Gasteiger partial charge in [0.25, 0.3) is 0 Å². The van der Waals surface area contributed by atoms with E-state index in [9.17, 15) is 5.11 Å². The van der Waals surface area contributed by atoms with Gasteiger partial charge in [-0.2, -0.15) is 0 Å². The smallest absolute Gasteiger partial charge is 0.339 e. The molecule has 0 unspecified atom stereocenters. The third-order valence-corrected chi connectivity index (χ3v) is 1.87. The van der Waals surface area contributed by atoms with Crippen LogP contribution in [-0.2, 0) is 4.74 Å². The Bertz CT molecular complexity index is 349. The van der Waals surface area contributed by atoms with Gasteiger partial charge in [0.2, 0.25) is 0 Å². The van der Waals surface area contributed by atoms with Crippen molar-refractivity contribution in [3.05, 3.63) is 29.8 Å². The first-order valence-electron chi connectivity index (χ1n) is 3.48. The molecular formula is C8H5Cl3O2S. The molecule has 2 nitrogen and oxygen atoms in total. The minimum absolute atomic E-state index is 0.0215. The van der Waals surface area contributed by atoms with Gasteiger partial charge in [-0.25, -0.2) is 0 Å². The van der Waals surface area contributed by atoms with Crippen LogP contribution in [0.5, 0.6) is 5.75 Å². The second kappa shape index (κ2) is 4.53. The van der Waals surface area contributed by atoms with Gasteiger partial charge in [0.05, 0.1) is 5.56 Å². The summed E-state index contributed by atoms with van der Waals surface area (Å²) in [6, 6.07) is 6.36. The highest BCUT2D eigenvalue weighted by molar-refractivity contribution is 7.80. The standard InChI is InChI=1S/C8H5Cl3O2S/c9-8(10,11)13-7(14)5-3-1-2-4-6(5)12/h1-4,12H. The first-order valence-corrected chi connectivity index (χ1v) is 5.02. The zero-order chi connectivity index (χ0) is 10.8. The molecule has 0 aliphatic rings. The van der Waals surface area contributed by atoms with Crippen LogP contribution < -0.4 is 0 Å². The summed E-state index contributed by atoms with van der Waals surface area (Å²) in [4.78, 5) is 0. The van der Waals surface area contributed by atoms with Crippen molar-refractivity contribution in [3.63, 3.8) is 0 Å². The maximum Gasteiger partial charge on any atom is 0.339 e. The molecule has 1 rings (SSSR count). The van der Waals surface area contributed by atoms with Crippen LogP contribution in [-0.4, -0.2) is 14.1 Å². The topological polar surface area (TPSA) is 29.5 Å². The number of rotatable bonds is 1. The van der Waals surface area contributed by atoms with Crippen molar-refractivity contribution in [1.82, 2.24) is 0 Å². The Balaban J connectivity index is 2.86. The van der Waals surface area contributed by atoms with E-state index in [1.807, 2.05) is 0 Å². The Morgan fingerprint density at radius 1 is 1.29 bits per heavy atom. The minimum Gasteiger partial charge on any atom is -0.507 e. The molecule has 0 bridgehead atoms. The van der Waals surface area contributed by atoms with Gasteiger partial charge in [0.15, 0.2) is 5.05 Å². The van der Waals surface area contributed by atoms with E-state index in [2.05, 4.69) is 0 Å². The molecule has 0 aromatic heterocycles. The summed E-state index contributed by atoms with van der Waals surface area (Å²) in [6.07, 6.45) is 0. The molecule has 14 heavy (non-hydrogen) atoms. The number of para-hydroxylation sites is 1. The Morgan fingerprint density at radius 2 is 1.86 bits per heavy atom. The fourth-order valence-electron chi connectivity index (χ4n) is 0.806. The van der Waals surface area contributed by atoms with Crippen molar-refractivity contribution in [3.8, 4) is 5.75 Å². The summed E-state index contributed by atoms with van der Waals surface area (Å²) in [5, 5.41) is 9.31. The average Bonchev–Trinajstić information content (AvgIpc) is 2.01. The van der Waals surface area contributed by atoms with E-state index >= 15 is 0 Å². The molecule has 0 saturated carbocycles. The summed E-state index contributed by atoms with van der Waals surface area (Å²) in [5.74, 6) is -0.0215. The molecule has 1 aromatic rings. The van der Waals surface area contributed by atoms with Gasteiger partial charge in [-0.1, -0.05) is 12.1 Å². The normalized spacial score (nSPS) is 11.1. The van der Waals surface area contributed by atoms with Crippen LogP contribution in [0.15, 0.2) is 24.3 Å². The van der Waals surface area contributed by atoms with E-state index in [0.29, 0.717) is 5.56 Å². The van der Waals surface area contributed by atoms with E-state index < -0.39 is 3.98 Å². The molecule has 0 spiro atoms. The lowest BCUT2D eigenvalue weighted by Gasteiger charge is -2.14. The minimum atomic E-state index is -1.92. The van der Waals surface area contributed by atoms with Crippen LogP contribution in [0.3, 0.4) is 0 Å². The maximum atomic E-state index is 9.38. The van der Waals surface area contributed by atoms with Gasteiger partial charge in [-0.15, -0.1) is 0 Å². The van der Waals surface area contributed by atoms with E-state index in [4.69, 9.17) is 51.8 Å². The highest BCUT2D eigenvalue weighted by Gasteiger charge is 2.24. The Morgan fingerprint density at radius 3 is 2.36 bits per heavy atom. The number of aromatic hydroxyl groups is 1. The van der Waals surface area contributed by atoms with Gasteiger partial charge in [-0.3, -0.25) is 0 Å². The summed E-state index contributed by atoms with van der Waals surface area (Å²) < 4.78 is 2.86. The number of alkyl halides is 3. The molecule has 0 radical (unpaired) electrons. The van der Waals surface area contributed by atoms with E-state index in [1.54, 1.807) is 18.2 Å². The lowest BCUT2D eigenvalue weighted by Crippen LogP contribution is -2.15. The van der Waals surface area contributed by atoms with Crippen LogP contribution in [0.4, 0.5) is 0 Å². The second-order valence-electron chi connectivity index (χ2n) is 2.35. The molecular weight excluding hydrogens is 267 g/mol. The molecule has 0 fully saturated rings. The van der Waals surface area contributed by atoms with Crippen LogP contribution in [0, 0.1) is 0 Å². The molecule has 0 aliphatic heterocycles. The third kappa shape index (κ3) is 3.50. The summed E-state index contributed by atoms with van der Waals surface area (Å²) >= 11 is 20.9. The number of halogens is 3. The maximum absolute atomic E-state index is 9.38. The Hall–Kier alpha value is -0.220. The fourth-order valence-corrected chi connectivity index (χ4v) is 1.47. The lowest BCUT2D eigenvalue weighted by molar-refractivity contribution is 0.315. The van der Waals surface area contributed by atoms with E-state index in [0.717, 1.165) is 0 Å². The molecule has 76 valence electrons. The van der Waals surface area contributed by atoms with Gasteiger partial charge in [0, 0.05) is 0 Å². The lowest BCUT2D eigenvalue weighted by atomic mass is 10.2. The quantitative estimate of drug-likeness (QED) is 0.627. The molecule has 1 aromatic carbocycles. The first kappa shape index (κ1) is 11.9. The van der Waals surface area contributed by atoms with Gasteiger partial charge in [0.1, 0.15) is 5.75 Å². The largest absolute Gasteiger partial charge is 0.507 e. The van der Waals surface area contributed by atoms with Crippen molar-refractivity contribution in [2.75, 3.05) is 0 Å². The summed E-state index contributed by atoms with van der Waals surface area (Å²) in [6.45, 7) is 0. The molecule has 0 heterocycles. The molecule has 6 heteroatoms. The zero-order valence-electron chi connectivity index (χ0n) is 6.71. The van der Waals surface area contributed by atoms with Crippen molar-refractivity contribution in [1.29, 1.82) is 0 Å². The molecule has 1 N–H and O–H groups in total. The van der Waals surface area contributed by atoms with Gasteiger partial charge >= 0.3 is 3.98 Å². The van der Waals surface area contributed by atoms with Crippen LogP contribution in [0.25, 0.3) is 0 Å². The number of ether oxygens (including phenoxy) is 1. The Kier molecular flexibility index (Phi) is 3.84. The average molecular weight is 272 g/mol. The van der Waals surface area contributed by atoms with Gasteiger partial charge in [-0.05, 0) is 59.2 Å². The van der Waals surface area contributed by atoms with Crippen LogP contribution in [0.2, 0.25) is 0 Å². The predicted molar refractivity (Wildman–Crippen MR) is 61.2 cm³/mol. The summed E-state index contributed by atoms with van der Waals surface area (Å²) in [5.41, 5.74) is 0.314. The third-order valence-electron chi connectivity index (χ3n) is 1.33. The monoisotopic (exact) mass is 270 g/mol. The van der Waals surface area contributed by atoms with Crippen molar-refractivity contribution >= 4 is 52.1 Å². The number of thiocarbonyl (C=S) groups is 1. The van der Waals surface area contributed by atoms with Crippen LogP contribution >= 0.6 is 47.0 Å². The molecule has 0 amide bonds. The van der Waals surface area contributed by atoms with E-state index in [1.165, 1.54) is 6.07 Å². The first-order chi connectivity index (χ1) is 6.40. The predicted octanol–water partition coefficient (Wildman–Crippen LogP) is 3.41. The molecule has 0 atom stereocenters. The van der Waals surface area contributed by atoms with Crippen molar-refractivity contribution in [2.24, 2.45) is 0 Å². The zero-order valence-corrected chi connectivity index (χ0v) is 9.79. The van der Waals surface area contributed by atoms with Crippen LogP contribution in [0.1, 0.15) is 5.56 Å². The number of phenolic OH excluding ortho intramolecular Hbond substituents is 1. The Labute approximate surface area is 101 Å². The number of hydrogen-bond donors (Lipinski definition) is 1. The number of benzene rings is 1.